The normalized spacial score (nSPS) is 21.3. The summed E-state index contributed by atoms with van der Waals surface area (Å²) < 4.78 is 19.3. The van der Waals surface area contributed by atoms with Crippen molar-refractivity contribution in [2.75, 3.05) is 44.3 Å². The first-order valence-electron chi connectivity index (χ1n) is 15.6. The molecule has 3 saturated heterocycles. The molecule has 0 spiro atoms. The van der Waals surface area contributed by atoms with Gasteiger partial charge in [-0.05, 0) is 29.2 Å². The highest BCUT2D eigenvalue weighted by Crippen LogP contribution is 2.35. The first-order valence-corrected chi connectivity index (χ1v) is 15.6. The predicted molar refractivity (Wildman–Crippen MR) is 169 cm³/mol. The number of rotatable bonds is 5. The number of amides is 1. The van der Waals surface area contributed by atoms with Gasteiger partial charge in [-0.25, -0.2) is 14.6 Å². The van der Waals surface area contributed by atoms with E-state index in [9.17, 15) is 10.1 Å². The third-order valence-corrected chi connectivity index (χ3v) is 9.20. The van der Waals surface area contributed by atoms with Crippen LogP contribution in [0.15, 0.2) is 79.1 Å². The molecule has 0 N–H and O–H groups in total. The van der Waals surface area contributed by atoms with Crippen LogP contribution in [0.3, 0.4) is 0 Å². The number of aromatic nitrogens is 2. The second-order valence-electron chi connectivity index (χ2n) is 12.0. The van der Waals surface area contributed by atoms with Crippen LogP contribution in [0.2, 0.25) is 12.6 Å². The Balaban J connectivity index is 0.948. The van der Waals surface area contributed by atoms with Crippen molar-refractivity contribution < 1.29 is 19.0 Å². The van der Waals surface area contributed by atoms with Crippen molar-refractivity contribution in [3.63, 3.8) is 0 Å². The summed E-state index contributed by atoms with van der Waals surface area (Å²) in [4.78, 5) is 17.0. The maximum atomic E-state index is 12.9. The largest absolute Gasteiger partial charge is 0.441 e. The van der Waals surface area contributed by atoms with Gasteiger partial charge in [0.1, 0.15) is 0 Å². The number of nitrogens with zero attached hydrogens (tertiary/aromatic N) is 5. The van der Waals surface area contributed by atoms with Crippen molar-refractivity contribution in [2.24, 2.45) is 0 Å². The minimum atomic E-state index is -0.429. The molecule has 2 aromatic heterocycles. The van der Waals surface area contributed by atoms with Crippen molar-refractivity contribution in [1.29, 1.82) is 5.26 Å². The predicted octanol–water partition coefficient (Wildman–Crippen LogP) is 5.81. The summed E-state index contributed by atoms with van der Waals surface area (Å²) in [7, 11) is 0. The minimum Gasteiger partial charge on any atom is -0.441 e. The molecule has 9 nitrogen and oxygen atoms in total. The molecule has 3 aliphatic heterocycles. The fourth-order valence-corrected chi connectivity index (χ4v) is 6.63. The fourth-order valence-electron chi connectivity index (χ4n) is 6.63. The molecule has 3 aliphatic rings. The monoisotopic (exact) mass is 589 g/mol. The first kappa shape index (κ1) is 28.4. The van der Waals surface area contributed by atoms with Gasteiger partial charge in [0.05, 0.1) is 24.4 Å². The van der Waals surface area contributed by atoms with Crippen LogP contribution in [-0.2, 0) is 14.2 Å². The number of hydrogen-bond donors (Lipinski definition) is 0. The molecular weight excluding hydrogens is 553 g/mol. The number of piperazine rings is 1. The Morgan fingerprint density at radius 3 is 2.34 bits per heavy atom. The number of ether oxygens (including phenoxy) is 3. The topological polar surface area (TPSA) is 92.3 Å². The van der Waals surface area contributed by atoms with Crippen LogP contribution in [-0.4, -0.2) is 72.8 Å². The van der Waals surface area contributed by atoms with Gasteiger partial charge < -0.3 is 24.0 Å². The van der Waals surface area contributed by atoms with Gasteiger partial charge in [0.25, 0.3) is 6.71 Å². The van der Waals surface area contributed by atoms with Gasteiger partial charge in [0.2, 0.25) is 0 Å². The zero-order chi connectivity index (χ0) is 29.9. The van der Waals surface area contributed by atoms with Gasteiger partial charge >= 0.3 is 6.09 Å². The van der Waals surface area contributed by atoms with Crippen LogP contribution in [0.25, 0.3) is 16.6 Å². The molecule has 2 aromatic carbocycles. The SMILES string of the molecule is N#CB1CCC(c2ccc(-c3cc4c(N5CCN(C(=O)OC6COC(c7ccccc7)OC6)CC5)ccnn4c3)cc2)CC1. The fraction of sp³-hybridized carbons (Fsp3) is 0.382. The van der Waals surface area contributed by atoms with Crippen LogP contribution in [0.5, 0.6) is 0 Å². The van der Waals surface area contributed by atoms with E-state index in [2.05, 4.69) is 52.5 Å². The van der Waals surface area contributed by atoms with Crippen LogP contribution >= 0.6 is 0 Å². The lowest BCUT2D eigenvalue weighted by Crippen LogP contribution is -2.50. The van der Waals surface area contributed by atoms with Crippen molar-refractivity contribution in [2.45, 2.75) is 43.8 Å². The van der Waals surface area contributed by atoms with Gasteiger partial charge in [-0.1, -0.05) is 80.1 Å². The standard InChI is InChI=1S/C34H36BN5O4/c36-24-35-13-10-27(11-14-35)25-6-8-26(9-7-25)29-20-32-31(12-15-37-40(32)21-29)38-16-18-39(19-17-38)34(41)44-30-22-42-33(43-23-30)28-4-2-1-3-5-28/h1-9,12,15,20-21,27,30,33H,10-11,13-14,16-19,22-23H2. The lowest BCUT2D eigenvalue weighted by Gasteiger charge is -2.37. The van der Waals surface area contributed by atoms with E-state index < -0.39 is 12.4 Å². The van der Waals surface area contributed by atoms with Crippen LogP contribution in [0.1, 0.15) is 36.2 Å². The van der Waals surface area contributed by atoms with E-state index in [1.54, 1.807) is 4.90 Å². The Morgan fingerprint density at radius 2 is 1.64 bits per heavy atom. The van der Waals surface area contributed by atoms with E-state index >= 15 is 0 Å². The van der Waals surface area contributed by atoms with E-state index in [4.69, 9.17) is 14.2 Å². The van der Waals surface area contributed by atoms with Crippen molar-refractivity contribution in [3.05, 3.63) is 90.3 Å². The molecule has 1 amide bonds. The van der Waals surface area contributed by atoms with E-state index in [1.165, 1.54) is 5.56 Å². The number of benzene rings is 2. The van der Waals surface area contributed by atoms with E-state index in [1.807, 2.05) is 47.1 Å². The number of anilines is 1. The molecule has 44 heavy (non-hydrogen) atoms. The minimum absolute atomic E-state index is 0.221. The number of hydrogen-bond acceptors (Lipinski definition) is 7. The summed E-state index contributed by atoms with van der Waals surface area (Å²) >= 11 is 0. The van der Waals surface area contributed by atoms with Crippen molar-refractivity contribution in [1.82, 2.24) is 14.5 Å². The Hall–Kier alpha value is -4.33. The van der Waals surface area contributed by atoms with Gasteiger partial charge in [-0.15, -0.1) is 0 Å². The Kier molecular flexibility index (Phi) is 8.23. The van der Waals surface area contributed by atoms with E-state index in [-0.39, 0.29) is 12.8 Å². The van der Waals surface area contributed by atoms with Gasteiger partial charge in [0.15, 0.2) is 12.4 Å². The second-order valence-corrected chi connectivity index (χ2v) is 12.0. The van der Waals surface area contributed by atoms with Crippen molar-refractivity contribution >= 4 is 24.0 Å². The first-order chi connectivity index (χ1) is 21.6. The third kappa shape index (κ3) is 6.03. The molecule has 0 saturated carbocycles. The van der Waals surface area contributed by atoms with Crippen LogP contribution in [0.4, 0.5) is 10.5 Å². The quantitative estimate of drug-likeness (QED) is 0.272. The molecular formula is C34H36BN5O4. The molecule has 0 radical (unpaired) electrons. The molecule has 0 bridgehead atoms. The summed E-state index contributed by atoms with van der Waals surface area (Å²) in [5, 5.41) is 13.8. The molecule has 224 valence electrons. The van der Waals surface area contributed by atoms with Gasteiger partial charge in [-0.2, -0.15) is 5.10 Å². The summed E-state index contributed by atoms with van der Waals surface area (Å²) in [6.45, 7) is 3.38. The molecule has 0 aliphatic carbocycles. The number of nitriles is 1. The lowest BCUT2D eigenvalue weighted by atomic mass is 9.41. The second kappa shape index (κ2) is 12.7. The Bertz CT molecular complexity index is 1620. The maximum absolute atomic E-state index is 12.9. The molecule has 0 atom stereocenters. The molecule has 0 unspecified atom stereocenters. The number of fused-ring (bicyclic) bond motifs is 1. The average Bonchev–Trinajstić information content (AvgIpc) is 3.54. The highest BCUT2D eigenvalue weighted by molar-refractivity contribution is 6.67. The zero-order valence-electron chi connectivity index (χ0n) is 24.8. The summed E-state index contributed by atoms with van der Waals surface area (Å²) in [5.74, 6) is 2.98. The lowest BCUT2D eigenvalue weighted by molar-refractivity contribution is -0.221. The Morgan fingerprint density at radius 1 is 0.909 bits per heavy atom. The maximum Gasteiger partial charge on any atom is 0.410 e. The molecule has 5 heterocycles. The summed E-state index contributed by atoms with van der Waals surface area (Å²) in [6, 6.07) is 22.9. The van der Waals surface area contributed by atoms with Gasteiger partial charge in [-0.3, -0.25) is 0 Å². The third-order valence-electron chi connectivity index (χ3n) is 9.20. The smallest absolute Gasteiger partial charge is 0.410 e. The highest BCUT2D eigenvalue weighted by Gasteiger charge is 2.30. The van der Waals surface area contributed by atoms with Crippen molar-refractivity contribution in [3.8, 4) is 17.1 Å². The Labute approximate surface area is 258 Å². The van der Waals surface area contributed by atoms with Crippen LogP contribution in [0, 0.1) is 11.2 Å². The number of carbonyl (C=O) groups is 1. The molecule has 4 aromatic rings. The molecule has 7 rings (SSSR count). The summed E-state index contributed by atoms with van der Waals surface area (Å²) in [5.41, 5.74) is 6.75. The number of carbonyl (C=O) groups excluding carboxylic acids is 1. The van der Waals surface area contributed by atoms with E-state index in [0.29, 0.717) is 45.3 Å². The van der Waals surface area contributed by atoms with Crippen LogP contribution < -0.4 is 4.90 Å². The zero-order valence-corrected chi connectivity index (χ0v) is 24.8. The van der Waals surface area contributed by atoms with Gasteiger partial charge in [0, 0.05) is 55.7 Å². The molecule has 10 heteroatoms. The van der Waals surface area contributed by atoms with E-state index in [0.717, 1.165) is 53.4 Å². The highest BCUT2D eigenvalue weighted by atomic mass is 16.7. The average molecular weight is 590 g/mol. The molecule has 3 fully saturated rings. The summed E-state index contributed by atoms with van der Waals surface area (Å²) in [6.07, 6.45) is 6.90.